The number of carboxylic acids is 1. The molecule has 0 aliphatic rings. The van der Waals surface area contributed by atoms with E-state index in [1.54, 1.807) is 0 Å². The SMILES string of the molecule is O=C([O-])c1ccc(OC(F)=C(F)F)cc1. The molecule has 0 radical (unpaired) electrons. The molecule has 0 aliphatic heterocycles. The molecule has 6 heteroatoms. The van der Waals surface area contributed by atoms with Gasteiger partial charge in [-0.2, -0.15) is 13.2 Å². The van der Waals surface area contributed by atoms with Crippen molar-refractivity contribution in [3.63, 3.8) is 0 Å². The summed E-state index contributed by atoms with van der Waals surface area (Å²) >= 11 is 0. The van der Waals surface area contributed by atoms with Crippen LogP contribution in [0, 0.1) is 0 Å². The Bertz CT molecular complexity index is 394. The first-order chi connectivity index (χ1) is 7.00. The lowest BCUT2D eigenvalue weighted by atomic mass is 10.2. The van der Waals surface area contributed by atoms with Crippen LogP contribution in [0.2, 0.25) is 0 Å². The van der Waals surface area contributed by atoms with Gasteiger partial charge in [0, 0.05) is 0 Å². The van der Waals surface area contributed by atoms with E-state index in [9.17, 15) is 23.1 Å². The van der Waals surface area contributed by atoms with Crippen molar-refractivity contribution >= 4 is 5.97 Å². The molecule has 0 spiro atoms. The average molecular weight is 217 g/mol. The molecule has 80 valence electrons. The molecule has 0 heterocycles. The predicted molar refractivity (Wildman–Crippen MR) is 41.8 cm³/mol. The second-order valence-corrected chi connectivity index (χ2v) is 2.45. The van der Waals surface area contributed by atoms with Crippen molar-refractivity contribution in [1.29, 1.82) is 0 Å². The molecule has 0 aromatic heterocycles. The van der Waals surface area contributed by atoms with Gasteiger partial charge in [0.05, 0.1) is 5.97 Å². The number of benzene rings is 1. The van der Waals surface area contributed by atoms with Crippen molar-refractivity contribution < 1.29 is 27.8 Å². The topological polar surface area (TPSA) is 49.4 Å². The van der Waals surface area contributed by atoms with Crippen LogP contribution in [0.4, 0.5) is 13.2 Å². The molecule has 15 heavy (non-hydrogen) atoms. The minimum absolute atomic E-state index is 0.160. The Morgan fingerprint density at radius 2 is 1.67 bits per heavy atom. The highest BCUT2D eigenvalue weighted by atomic mass is 19.3. The number of carboxylic acid groups (broad SMARTS) is 1. The van der Waals surface area contributed by atoms with Crippen molar-refractivity contribution in [3.05, 3.63) is 41.9 Å². The molecular weight excluding hydrogens is 213 g/mol. The van der Waals surface area contributed by atoms with Crippen LogP contribution in [-0.4, -0.2) is 5.97 Å². The quantitative estimate of drug-likeness (QED) is 0.720. The third-order valence-electron chi connectivity index (χ3n) is 1.45. The number of hydrogen-bond acceptors (Lipinski definition) is 3. The summed E-state index contributed by atoms with van der Waals surface area (Å²) in [6.45, 7) is 0. The van der Waals surface area contributed by atoms with Crippen LogP contribution in [0.1, 0.15) is 10.4 Å². The van der Waals surface area contributed by atoms with Gasteiger partial charge in [0.15, 0.2) is 0 Å². The number of carbonyl (C=O) groups is 1. The van der Waals surface area contributed by atoms with E-state index in [0.717, 1.165) is 24.3 Å². The fourth-order valence-corrected chi connectivity index (χ4v) is 0.801. The highest BCUT2D eigenvalue weighted by Crippen LogP contribution is 2.18. The van der Waals surface area contributed by atoms with Crippen LogP contribution in [-0.2, 0) is 0 Å². The van der Waals surface area contributed by atoms with E-state index in [1.807, 2.05) is 0 Å². The zero-order chi connectivity index (χ0) is 11.4. The summed E-state index contributed by atoms with van der Waals surface area (Å²) in [5.74, 6) is -1.65. The maximum Gasteiger partial charge on any atom is 0.344 e. The Labute approximate surface area is 82.4 Å². The number of carbonyl (C=O) groups excluding carboxylic acids is 1. The van der Waals surface area contributed by atoms with E-state index in [1.165, 1.54) is 0 Å². The monoisotopic (exact) mass is 217 g/mol. The Hall–Kier alpha value is -1.98. The van der Waals surface area contributed by atoms with Gasteiger partial charge in [-0.25, -0.2) is 0 Å². The molecule has 0 bridgehead atoms. The molecular formula is C9H4F3O3-. The van der Waals surface area contributed by atoms with Crippen LogP contribution in [0.15, 0.2) is 36.4 Å². The van der Waals surface area contributed by atoms with Gasteiger partial charge in [0.2, 0.25) is 0 Å². The minimum atomic E-state index is -2.58. The summed E-state index contributed by atoms with van der Waals surface area (Å²) in [5, 5.41) is 10.3. The minimum Gasteiger partial charge on any atom is -0.545 e. The maximum atomic E-state index is 12.2. The molecule has 0 saturated heterocycles. The van der Waals surface area contributed by atoms with Gasteiger partial charge in [-0.05, 0) is 29.8 Å². The Morgan fingerprint density at radius 1 is 1.13 bits per heavy atom. The first-order valence-electron chi connectivity index (χ1n) is 3.70. The maximum absolute atomic E-state index is 12.2. The molecule has 3 nitrogen and oxygen atoms in total. The van der Waals surface area contributed by atoms with Crippen molar-refractivity contribution in [2.75, 3.05) is 0 Å². The molecule has 0 saturated carbocycles. The van der Waals surface area contributed by atoms with Gasteiger partial charge < -0.3 is 14.6 Å². The van der Waals surface area contributed by atoms with E-state index in [2.05, 4.69) is 4.74 Å². The van der Waals surface area contributed by atoms with Crippen molar-refractivity contribution in [2.24, 2.45) is 0 Å². The van der Waals surface area contributed by atoms with Crippen molar-refractivity contribution in [3.8, 4) is 5.75 Å². The summed E-state index contributed by atoms with van der Waals surface area (Å²) < 4.78 is 39.5. The van der Waals surface area contributed by atoms with Crippen LogP contribution in [0.25, 0.3) is 0 Å². The fourth-order valence-electron chi connectivity index (χ4n) is 0.801. The summed E-state index contributed by atoms with van der Waals surface area (Å²) in [7, 11) is 0. The highest BCUT2D eigenvalue weighted by molar-refractivity contribution is 5.85. The summed E-state index contributed by atoms with van der Waals surface area (Å²) in [6, 6.07) is 2.15. The number of hydrogen-bond donors (Lipinski definition) is 0. The van der Waals surface area contributed by atoms with Crippen molar-refractivity contribution in [2.45, 2.75) is 0 Å². The first-order valence-corrected chi connectivity index (χ1v) is 3.70. The molecule has 0 fully saturated rings. The van der Waals surface area contributed by atoms with E-state index in [0.29, 0.717) is 0 Å². The normalized spacial score (nSPS) is 9.53. The molecule has 0 unspecified atom stereocenters. The second kappa shape index (κ2) is 4.50. The van der Waals surface area contributed by atoms with Gasteiger partial charge in [-0.15, -0.1) is 0 Å². The standard InChI is InChI=1S/C9H5F3O3/c10-7(11)8(12)15-6-3-1-5(2-4-6)9(13)14/h1-4H,(H,13,14)/p-1. The lowest BCUT2D eigenvalue weighted by Gasteiger charge is -2.04. The molecule has 0 amide bonds. The number of rotatable bonds is 3. The molecule has 0 aliphatic carbocycles. The third-order valence-corrected chi connectivity index (χ3v) is 1.45. The molecule has 1 rings (SSSR count). The summed E-state index contributed by atoms with van der Waals surface area (Å²) in [4.78, 5) is 10.3. The van der Waals surface area contributed by atoms with Crippen LogP contribution in [0.3, 0.4) is 0 Å². The number of aromatic carboxylic acids is 1. The van der Waals surface area contributed by atoms with Crippen LogP contribution in [0.5, 0.6) is 5.75 Å². The number of halogens is 3. The number of ether oxygens (including phenoxy) is 1. The summed E-state index contributed by atoms with van der Waals surface area (Å²) in [6.07, 6.45) is -2.58. The molecule has 0 atom stereocenters. The summed E-state index contributed by atoms with van der Waals surface area (Å²) in [5.41, 5.74) is -0.160. The van der Waals surface area contributed by atoms with E-state index < -0.39 is 18.1 Å². The zero-order valence-electron chi connectivity index (χ0n) is 7.17. The van der Waals surface area contributed by atoms with Gasteiger partial charge in [0.25, 0.3) is 0 Å². The second-order valence-electron chi connectivity index (χ2n) is 2.45. The molecule has 0 N–H and O–H groups in total. The Balaban J connectivity index is 2.82. The van der Waals surface area contributed by atoms with Crippen LogP contribution < -0.4 is 9.84 Å². The smallest absolute Gasteiger partial charge is 0.344 e. The average Bonchev–Trinajstić information content (AvgIpc) is 2.18. The largest absolute Gasteiger partial charge is 0.545 e. The zero-order valence-corrected chi connectivity index (χ0v) is 7.17. The van der Waals surface area contributed by atoms with Crippen molar-refractivity contribution in [1.82, 2.24) is 0 Å². The van der Waals surface area contributed by atoms with Crippen LogP contribution >= 0.6 is 0 Å². The van der Waals surface area contributed by atoms with E-state index >= 15 is 0 Å². The predicted octanol–water partition coefficient (Wildman–Crippen LogP) is 1.46. The van der Waals surface area contributed by atoms with Gasteiger partial charge in [-0.3, -0.25) is 0 Å². The highest BCUT2D eigenvalue weighted by Gasteiger charge is 2.07. The lowest BCUT2D eigenvalue weighted by molar-refractivity contribution is -0.255. The van der Waals surface area contributed by atoms with Gasteiger partial charge >= 0.3 is 12.1 Å². The third kappa shape index (κ3) is 3.01. The molecule has 1 aromatic carbocycles. The lowest BCUT2D eigenvalue weighted by Crippen LogP contribution is -2.21. The first kappa shape index (κ1) is 11.1. The fraction of sp³-hybridized carbons (Fsp3) is 0. The van der Waals surface area contributed by atoms with Gasteiger partial charge in [0.1, 0.15) is 5.75 Å². The van der Waals surface area contributed by atoms with Gasteiger partial charge in [-0.1, -0.05) is 0 Å². The Kier molecular flexibility index (Phi) is 3.33. The molecule has 1 aromatic rings. The Morgan fingerprint density at radius 3 is 2.07 bits per heavy atom. The van der Waals surface area contributed by atoms with E-state index in [-0.39, 0.29) is 11.3 Å². The van der Waals surface area contributed by atoms with E-state index in [4.69, 9.17) is 0 Å².